The molecule has 2 bridgehead atoms. The Morgan fingerprint density at radius 2 is 1.69 bits per heavy atom. The van der Waals surface area contributed by atoms with Crippen molar-refractivity contribution < 1.29 is 5.11 Å². The van der Waals surface area contributed by atoms with E-state index in [2.05, 4.69) is 30.7 Å². The molecule has 2 aliphatic rings. The fourth-order valence-corrected chi connectivity index (χ4v) is 3.27. The Hall–Kier alpha value is -0.120. The van der Waals surface area contributed by atoms with E-state index < -0.39 is 0 Å². The van der Waals surface area contributed by atoms with Crippen molar-refractivity contribution >= 4 is 0 Å². The van der Waals surface area contributed by atoms with Gasteiger partial charge in [0.15, 0.2) is 0 Å². The summed E-state index contributed by atoms with van der Waals surface area (Å²) in [6.07, 6.45) is 1.25. The van der Waals surface area contributed by atoms with Crippen molar-refractivity contribution in [2.45, 2.75) is 26.4 Å². The fourth-order valence-electron chi connectivity index (χ4n) is 3.27. The topological polar surface area (TPSA) is 26.7 Å². The van der Waals surface area contributed by atoms with E-state index in [1.54, 1.807) is 0 Å². The Kier molecular flexibility index (Phi) is 3.88. The zero-order valence-corrected chi connectivity index (χ0v) is 10.9. The average molecular weight is 226 g/mol. The van der Waals surface area contributed by atoms with Crippen LogP contribution in [-0.4, -0.2) is 60.8 Å². The lowest BCUT2D eigenvalue weighted by Gasteiger charge is -2.45. The summed E-state index contributed by atoms with van der Waals surface area (Å²) in [6, 6.07) is 0. The van der Waals surface area contributed by atoms with Crippen molar-refractivity contribution in [1.82, 2.24) is 9.80 Å². The third kappa shape index (κ3) is 2.96. The van der Waals surface area contributed by atoms with Crippen LogP contribution in [0.15, 0.2) is 0 Å². The molecular weight excluding hydrogens is 200 g/mol. The monoisotopic (exact) mass is 226 g/mol. The minimum Gasteiger partial charge on any atom is -0.392 e. The number of β-amino-alcohol motifs (C(OH)–C–C–N with tert-alkyl or cyclic N) is 1. The summed E-state index contributed by atoms with van der Waals surface area (Å²) < 4.78 is 0. The maximum atomic E-state index is 9.94. The van der Waals surface area contributed by atoms with E-state index in [0.29, 0.717) is 5.92 Å². The molecule has 0 spiro atoms. The fraction of sp³-hybridized carbons (Fsp3) is 1.00. The number of hydrogen-bond acceptors (Lipinski definition) is 3. The molecule has 0 radical (unpaired) electrons. The first-order valence-electron chi connectivity index (χ1n) is 6.63. The second kappa shape index (κ2) is 5.03. The second-order valence-electron chi connectivity index (χ2n) is 6.22. The van der Waals surface area contributed by atoms with Gasteiger partial charge in [-0.25, -0.2) is 0 Å². The van der Waals surface area contributed by atoms with Gasteiger partial charge in [0.1, 0.15) is 0 Å². The molecule has 2 rings (SSSR count). The van der Waals surface area contributed by atoms with Crippen molar-refractivity contribution in [3.8, 4) is 0 Å². The molecule has 3 nitrogen and oxygen atoms in total. The van der Waals surface area contributed by atoms with Gasteiger partial charge in [0.05, 0.1) is 6.10 Å². The highest BCUT2D eigenvalue weighted by atomic mass is 16.3. The summed E-state index contributed by atoms with van der Waals surface area (Å²) in [7, 11) is 2.23. The van der Waals surface area contributed by atoms with Crippen LogP contribution in [0.3, 0.4) is 0 Å². The number of piperidine rings is 2. The number of hydrogen-bond donors (Lipinski definition) is 1. The number of aliphatic hydroxyl groups excluding tert-OH is 1. The van der Waals surface area contributed by atoms with E-state index >= 15 is 0 Å². The molecule has 2 heterocycles. The third-order valence-electron chi connectivity index (χ3n) is 4.05. The van der Waals surface area contributed by atoms with Gasteiger partial charge in [-0.1, -0.05) is 13.8 Å². The van der Waals surface area contributed by atoms with E-state index in [9.17, 15) is 5.11 Å². The molecule has 0 aromatic carbocycles. The van der Waals surface area contributed by atoms with E-state index in [1.165, 1.54) is 32.6 Å². The molecule has 2 saturated heterocycles. The Morgan fingerprint density at radius 1 is 1.12 bits per heavy atom. The summed E-state index contributed by atoms with van der Waals surface area (Å²) in [5, 5.41) is 9.94. The average Bonchev–Trinajstić information content (AvgIpc) is 2.15. The maximum absolute atomic E-state index is 9.94. The molecule has 16 heavy (non-hydrogen) atoms. The zero-order valence-electron chi connectivity index (χ0n) is 10.9. The molecule has 2 fully saturated rings. The van der Waals surface area contributed by atoms with Gasteiger partial charge in [0, 0.05) is 32.7 Å². The van der Waals surface area contributed by atoms with Gasteiger partial charge in [0.2, 0.25) is 0 Å². The summed E-state index contributed by atoms with van der Waals surface area (Å²) in [4.78, 5) is 4.95. The Balaban J connectivity index is 1.85. The Morgan fingerprint density at radius 3 is 2.19 bits per heavy atom. The smallest absolute Gasteiger partial charge is 0.0689 e. The van der Waals surface area contributed by atoms with E-state index in [-0.39, 0.29) is 6.10 Å². The largest absolute Gasteiger partial charge is 0.392 e. The normalized spacial score (nSPS) is 34.3. The predicted octanol–water partition coefficient (Wildman–Crippen LogP) is 0.887. The van der Waals surface area contributed by atoms with Crippen LogP contribution >= 0.6 is 0 Å². The first kappa shape index (κ1) is 12.3. The van der Waals surface area contributed by atoms with Crippen molar-refractivity contribution in [2.75, 3.05) is 39.8 Å². The predicted molar refractivity (Wildman–Crippen MR) is 66.4 cm³/mol. The van der Waals surface area contributed by atoms with E-state index in [1.807, 2.05) is 0 Å². The lowest BCUT2D eigenvalue weighted by atomic mass is 9.84. The molecule has 0 amide bonds. The molecular formula is C13H26N2O. The van der Waals surface area contributed by atoms with Crippen LogP contribution in [0.1, 0.15) is 20.3 Å². The van der Waals surface area contributed by atoms with Gasteiger partial charge >= 0.3 is 0 Å². The van der Waals surface area contributed by atoms with Crippen LogP contribution in [0.2, 0.25) is 0 Å². The number of aliphatic hydroxyl groups is 1. The second-order valence-corrected chi connectivity index (χ2v) is 6.22. The molecule has 0 aromatic heterocycles. The van der Waals surface area contributed by atoms with E-state index in [0.717, 1.165) is 18.4 Å². The maximum Gasteiger partial charge on any atom is 0.0689 e. The van der Waals surface area contributed by atoms with Crippen molar-refractivity contribution in [1.29, 1.82) is 0 Å². The molecule has 1 N–H and O–H groups in total. The lowest BCUT2D eigenvalue weighted by molar-refractivity contribution is 0.00679. The summed E-state index contributed by atoms with van der Waals surface area (Å²) in [5.41, 5.74) is 0. The van der Waals surface area contributed by atoms with Gasteiger partial charge < -0.3 is 14.9 Å². The molecule has 0 aliphatic carbocycles. The van der Waals surface area contributed by atoms with Gasteiger partial charge in [-0.15, -0.1) is 0 Å². The molecule has 0 saturated carbocycles. The standard InChI is InChI=1S/C13H26N2O/c1-10(2)13(16)9-15-7-11-4-12(8-15)6-14(3)5-11/h10-13,16H,4-9H2,1-3H3/t11?,12?,13-/m0/s1. The van der Waals surface area contributed by atoms with Crippen LogP contribution in [0.4, 0.5) is 0 Å². The minimum atomic E-state index is -0.156. The van der Waals surface area contributed by atoms with Crippen LogP contribution < -0.4 is 0 Å². The summed E-state index contributed by atoms with van der Waals surface area (Å²) in [5.74, 6) is 2.04. The third-order valence-corrected chi connectivity index (χ3v) is 4.05. The van der Waals surface area contributed by atoms with Crippen molar-refractivity contribution in [3.05, 3.63) is 0 Å². The first-order valence-corrected chi connectivity index (χ1v) is 6.63. The Bertz CT molecular complexity index is 214. The highest BCUT2D eigenvalue weighted by Crippen LogP contribution is 2.28. The quantitative estimate of drug-likeness (QED) is 0.774. The molecule has 3 atom stereocenters. The van der Waals surface area contributed by atoms with Gasteiger partial charge in [-0.05, 0) is 31.2 Å². The van der Waals surface area contributed by atoms with E-state index in [4.69, 9.17) is 0 Å². The number of rotatable bonds is 3. The summed E-state index contributed by atoms with van der Waals surface area (Å²) >= 11 is 0. The molecule has 94 valence electrons. The number of fused-ring (bicyclic) bond motifs is 2. The highest BCUT2D eigenvalue weighted by Gasteiger charge is 2.33. The molecule has 0 aromatic rings. The zero-order chi connectivity index (χ0) is 11.7. The number of likely N-dealkylation sites (tertiary alicyclic amines) is 2. The highest BCUT2D eigenvalue weighted by molar-refractivity contribution is 4.87. The molecule has 2 unspecified atom stereocenters. The molecule has 3 heteroatoms. The minimum absolute atomic E-state index is 0.156. The first-order chi connectivity index (χ1) is 7.54. The van der Waals surface area contributed by atoms with Gasteiger partial charge in [-0.2, -0.15) is 0 Å². The van der Waals surface area contributed by atoms with Crippen molar-refractivity contribution in [3.63, 3.8) is 0 Å². The molecule has 2 aliphatic heterocycles. The van der Waals surface area contributed by atoms with Gasteiger partial charge in [-0.3, -0.25) is 0 Å². The number of nitrogens with zero attached hydrogens (tertiary/aromatic N) is 2. The lowest BCUT2D eigenvalue weighted by Crippen LogP contribution is -2.53. The van der Waals surface area contributed by atoms with Crippen LogP contribution in [0.5, 0.6) is 0 Å². The Labute approximate surface area is 99.4 Å². The van der Waals surface area contributed by atoms with Crippen LogP contribution in [0.25, 0.3) is 0 Å². The van der Waals surface area contributed by atoms with Gasteiger partial charge in [0.25, 0.3) is 0 Å². The van der Waals surface area contributed by atoms with Crippen molar-refractivity contribution in [2.24, 2.45) is 17.8 Å². The van der Waals surface area contributed by atoms with Crippen LogP contribution in [0, 0.1) is 17.8 Å². The van der Waals surface area contributed by atoms with Crippen LogP contribution in [-0.2, 0) is 0 Å². The SMILES string of the molecule is CC(C)[C@@H](O)CN1CC2CC(CN(C)C2)C1. The summed E-state index contributed by atoms with van der Waals surface area (Å²) in [6.45, 7) is 9.92.